The van der Waals surface area contributed by atoms with E-state index in [1.807, 2.05) is 13.8 Å². The lowest BCUT2D eigenvalue weighted by atomic mass is 10.0. The third-order valence-electron chi connectivity index (χ3n) is 5.65. The van der Waals surface area contributed by atoms with Crippen LogP contribution in [-0.2, 0) is 4.79 Å². The average Bonchev–Trinajstić information content (AvgIpc) is 2.88. The van der Waals surface area contributed by atoms with Crippen molar-refractivity contribution in [3.63, 3.8) is 0 Å². The van der Waals surface area contributed by atoms with E-state index in [0.29, 0.717) is 12.8 Å². The van der Waals surface area contributed by atoms with E-state index >= 15 is 0 Å². The lowest BCUT2D eigenvalue weighted by molar-refractivity contribution is -0.137. The maximum absolute atomic E-state index is 13.0. The predicted octanol–water partition coefficient (Wildman–Crippen LogP) is 8.72. The van der Waals surface area contributed by atoms with Crippen LogP contribution in [-0.4, -0.2) is 27.5 Å². The summed E-state index contributed by atoms with van der Waals surface area (Å²) in [5.74, 6) is -0.597. The highest BCUT2D eigenvalue weighted by Crippen LogP contribution is 2.35. The number of hydrogen-bond donors (Lipinski definition) is 1. The summed E-state index contributed by atoms with van der Waals surface area (Å²) < 4.78 is 4.87. The third kappa shape index (κ3) is 12.3. The van der Waals surface area contributed by atoms with Crippen molar-refractivity contribution in [2.75, 3.05) is 5.75 Å². The van der Waals surface area contributed by atoms with Gasteiger partial charge in [0.05, 0.1) is 0 Å². The molecule has 0 bridgehead atoms. The van der Waals surface area contributed by atoms with Crippen LogP contribution in [0.15, 0.2) is 85.0 Å². The molecule has 0 radical (unpaired) electrons. The number of para-hydroxylation sites is 1. The first kappa shape index (κ1) is 31.2. The molecule has 1 aromatic rings. The highest BCUT2D eigenvalue weighted by molar-refractivity contribution is 8.01. The second-order valence-corrected chi connectivity index (χ2v) is 9.72. The van der Waals surface area contributed by atoms with Gasteiger partial charge in [-0.1, -0.05) is 93.7 Å². The van der Waals surface area contributed by atoms with Crippen LogP contribution in [0.25, 0.3) is 0 Å². The van der Waals surface area contributed by atoms with Crippen LogP contribution < -0.4 is 4.74 Å². The first-order chi connectivity index (χ1) is 17.5. The molecular weight excluding hydrogens is 468 g/mol. The highest BCUT2D eigenvalue weighted by atomic mass is 32.2. The SMILES string of the molecule is CCC=CCC=CCC=CCC=CCC=CCCSC(CC)(CC)C(=O)Oc1ccccc1C(=O)O. The third-order valence-corrected chi connectivity index (χ3v) is 7.39. The molecule has 0 atom stereocenters. The summed E-state index contributed by atoms with van der Waals surface area (Å²) in [6, 6.07) is 6.26. The van der Waals surface area contributed by atoms with Crippen molar-refractivity contribution in [1.82, 2.24) is 0 Å². The van der Waals surface area contributed by atoms with Crippen molar-refractivity contribution in [1.29, 1.82) is 0 Å². The minimum atomic E-state index is -1.11. The summed E-state index contributed by atoms with van der Waals surface area (Å²) in [5, 5.41) is 9.35. The summed E-state index contributed by atoms with van der Waals surface area (Å²) in [6.07, 6.45) is 28.8. The number of carboxylic acids is 1. The second-order valence-electron chi connectivity index (χ2n) is 8.24. The number of carbonyl (C=O) groups is 2. The van der Waals surface area contributed by atoms with Gasteiger partial charge in [0.15, 0.2) is 0 Å². The highest BCUT2D eigenvalue weighted by Gasteiger charge is 2.37. The Bertz CT molecular complexity index is 920. The fraction of sp³-hybridized carbons (Fsp3) is 0.419. The van der Waals surface area contributed by atoms with Crippen LogP contribution in [0.4, 0.5) is 0 Å². The first-order valence-electron chi connectivity index (χ1n) is 12.9. The molecule has 4 nitrogen and oxygen atoms in total. The number of benzene rings is 1. The Labute approximate surface area is 221 Å². The van der Waals surface area contributed by atoms with Crippen molar-refractivity contribution >= 4 is 23.7 Å². The van der Waals surface area contributed by atoms with Gasteiger partial charge in [0.2, 0.25) is 0 Å². The largest absolute Gasteiger partial charge is 0.478 e. The predicted molar refractivity (Wildman–Crippen MR) is 154 cm³/mol. The minimum Gasteiger partial charge on any atom is -0.478 e. The fourth-order valence-electron chi connectivity index (χ4n) is 3.42. The zero-order chi connectivity index (χ0) is 26.5. The molecular formula is C31H42O4S. The lowest BCUT2D eigenvalue weighted by Crippen LogP contribution is -2.38. The standard InChI is InChI=1S/C31H42O4S/c1-4-7-8-9-10-11-12-13-14-15-16-17-18-19-20-23-26-36-31(5-2,6-3)30(34)35-28-25-22-21-24-27(28)29(32)33/h7-8,10-11,13-14,16-17,19-22,24-25H,4-6,9,12,15,18,23,26H2,1-3H3,(H,32,33). The Morgan fingerprint density at radius 3 is 1.81 bits per heavy atom. The molecule has 1 aromatic carbocycles. The summed E-state index contributed by atoms with van der Waals surface area (Å²) in [6.45, 7) is 6.08. The Hall–Kier alpha value is -2.79. The maximum Gasteiger partial charge on any atom is 0.339 e. The van der Waals surface area contributed by atoms with Gasteiger partial charge in [-0.15, -0.1) is 11.8 Å². The second kappa shape index (κ2) is 19.4. The monoisotopic (exact) mass is 510 g/mol. The number of carbonyl (C=O) groups excluding carboxylic acids is 1. The first-order valence-corrected chi connectivity index (χ1v) is 13.9. The van der Waals surface area contributed by atoms with Crippen LogP contribution >= 0.6 is 11.8 Å². The minimum absolute atomic E-state index is 0.00395. The molecule has 0 aliphatic rings. The van der Waals surface area contributed by atoms with Crippen LogP contribution in [0.3, 0.4) is 0 Å². The van der Waals surface area contributed by atoms with Gasteiger partial charge >= 0.3 is 11.9 Å². The van der Waals surface area contributed by atoms with Crippen LogP contribution in [0, 0.1) is 0 Å². The summed E-state index contributed by atoms with van der Waals surface area (Å²) in [4.78, 5) is 24.4. The van der Waals surface area contributed by atoms with E-state index < -0.39 is 10.7 Å². The number of aromatic carboxylic acids is 1. The molecule has 0 fully saturated rings. The van der Waals surface area contributed by atoms with Crippen molar-refractivity contribution in [2.24, 2.45) is 0 Å². The van der Waals surface area contributed by atoms with Gasteiger partial charge in [-0.3, -0.25) is 4.79 Å². The Kier molecular flexibility index (Phi) is 16.8. The fourth-order valence-corrected chi connectivity index (χ4v) is 4.63. The van der Waals surface area contributed by atoms with E-state index in [4.69, 9.17) is 4.74 Å². The average molecular weight is 511 g/mol. The number of esters is 1. The summed E-state index contributed by atoms with van der Waals surface area (Å²) in [5.41, 5.74) is -0.00395. The van der Waals surface area contributed by atoms with Gasteiger partial charge in [0.1, 0.15) is 16.1 Å². The van der Waals surface area contributed by atoms with E-state index in [9.17, 15) is 14.7 Å². The number of ether oxygens (including phenoxy) is 1. The molecule has 1 rings (SSSR count). The van der Waals surface area contributed by atoms with Gasteiger partial charge in [0.25, 0.3) is 0 Å². The van der Waals surface area contributed by atoms with E-state index in [0.717, 1.165) is 44.3 Å². The summed E-state index contributed by atoms with van der Waals surface area (Å²) >= 11 is 1.59. The number of hydrogen-bond acceptors (Lipinski definition) is 4. The number of carboxylic acid groups (broad SMARTS) is 1. The molecule has 0 aliphatic heterocycles. The van der Waals surface area contributed by atoms with Gasteiger partial charge < -0.3 is 9.84 Å². The lowest BCUT2D eigenvalue weighted by Gasteiger charge is -2.28. The molecule has 0 amide bonds. The molecule has 0 saturated heterocycles. The quantitative estimate of drug-likeness (QED) is 0.0926. The van der Waals surface area contributed by atoms with Crippen LogP contribution in [0.5, 0.6) is 5.75 Å². The molecule has 1 N–H and O–H groups in total. The molecule has 36 heavy (non-hydrogen) atoms. The zero-order valence-corrected chi connectivity index (χ0v) is 22.8. The molecule has 0 heterocycles. The number of allylic oxidation sites excluding steroid dienone is 10. The van der Waals surface area contributed by atoms with E-state index in [-0.39, 0.29) is 17.3 Å². The Balaban J connectivity index is 2.37. The topological polar surface area (TPSA) is 63.6 Å². The molecule has 0 spiro atoms. The van der Waals surface area contributed by atoms with Gasteiger partial charge in [0, 0.05) is 0 Å². The van der Waals surface area contributed by atoms with Crippen molar-refractivity contribution < 1.29 is 19.4 Å². The molecule has 0 saturated carbocycles. The number of rotatable bonds is 18. The van der Waals surface area contributed by atoms with Crippen molar-refractivity contribution in [3.8, 4) is 5.75 Å². The van der Waals surface area contributed by atoms with Crippen LogP contribution in [0.1, 0.15) is 82.5 Å². The molecule has 5 heteroatoms. The normalized spacial score (nSPS) is 12.6. The smallest absolute Gasteiger partial charge is 0.339 e. The van der Waals surface area contributed by atoms with Gasteiger partial charge in [-0.05, 0) is 69.3 Å². The van der Waals surface area contributed by atoms with E-state index in [1.165, 1.54) is 12.1 Å². The molecule has 196 valence electrons. The number of thioether (sulfide) groups is 1. The maximum atomic E-state index is 13.0. The van der Waals surface area contributed by atoms with Crippen molar-refractivity contribution in [3.05, 3.63) is 90.6 Å². The molecule has 0 aromatic heterocycles. The van der Waals surface area contributed by atoms with Gasteiger partial charge in [-0.2, -0.15) is 0 Å². The molecule has 0 unspecified atom stereocenters. The van der Waals surface area contributed by atoms with E-state index in [1.54, 1.807) is 23.9 Å². The molecule has 0 aliphatic carbocycles. The summed E-state index contributed by atoms with van der Waals surface area (Å²) in [7, 11) is 0. The zero-order valence-electron chi connectivity index (χ0n) is 22.0. The Morgan fingerprint density at radius 2 is 1.31 bits per heavy atom. The van der Waals surface area contributed by atoms with E-state index in [2.05, 4.69) is 67.7 Å². The van der Waals surface area contributed by atoms with Gasteiger partial charge in [-0.25, -0.2) is 4.79 Å². The Morgan fingerprint density at radius 1 is 0.806 bits per heavy atom. The van der Waals surface area contributed by atoms with Crippen LogP contribution in [0.2, 0.25) is 0 Å². The van der Waals surface area contributed by atoms with Crippen molar-refractivity contribution in [2.45, 2.75) is 76.9 Å².